The number of nitrogens with one attached hydrogen (secondary N) is 2. The molecule has 0 radical (unpaired) electrons. The van der Waals surface area contributed by atoms with Gasteiger partial charge in [-0.05, 0) is 18.6 Å². The Morgan fingerprint density at radius 3 is 2.63 bits per heavy atom. The smallest absolute Gasteiger partial charge is 0.310 e. The molecule has 1 aromatic rings. The van der Waals surface area contributed by atoms with E-state index < -0.39 is 11.9 Å². The number of carboxylic acid groups (broad SMARTS) is 1. The van der Waals surface area contributed by atoms with E-state index in [4.69, 9.17) is 5.11 Å². The first-order chi connectivity index (χ1) is 9.10. The Morgan fingerprint density at radius 2 is 2.11 bits per heavy atom. The Bertz CT molecular complexity index is 512. The van der Waals surface area contributed by atoms with Crippen LogP contribution in [0.2, 0.25) is 0 Å². The molecule has 2 rings (SSSR count). The van der Waals surface area contributed by atoms with Crippen LogP contribution < -0.4 is 10.6 Å². The number of carboxylic acids is 1. The molecule has 19 heavy (non-hydrogen) atoms. The van der Waals surface area contributed by atoms with Crippen LogP contribution in [-0.2, 0) is 4.79 Å². The van der Waals surface area contributed by atoms with Gasteiger partial charge in [0, 0.05) is 13.1 Å². The lowest BCUT2D eigenvalue weighted by molar-refractivity contribution is -0.140. The van der Waals surface area contributed by atoms with E-state index in [1.807, 2.05) is 0 Å². The van der Waals surface area contributed by atoms with Gasteiger partial charge in [0.15, 0.2) is 5.69 Å². The monoisotopic (exact) mass is 262 g/mol. The van der Waals surface area contributed by atoms with Crippen LogP contribution in [0, 0.1) is 5.92 Å². The van der Waals surface area contributed by atoms with E-state index in [1.54, 1.807) is 24.3 Å². The maximum atomic E-state index is 11.3. The van der Waals surface area contributed by atoms with Crippen molar-refractivity contribution in [2.45, 2.75) is 12.5 Å². The number of aliphatic carboxylic acids is 1. The fourth-order valence-electron chi connectivity index (χ4n) is 1.84. The van der Waals surface area contributed by atoms with Crippen molar-refractivity contribution in [3.8, 4) is 0 Å². The zero-order valence-corrected chi connectivity index (χ0v) is 10.3. The molecule has 1 aliphatic rings. The normalized spacial score (nSPS) is 21.1. The van der Waals surface area contributed by atoms with Crippen LogP contribution in [0.25, 0.3) is 0 Å². The molecule has 100 valence electrons. The summed E-state index contributed by atoms with van der Waals surface area (Å²) in [4.78, 5) is 22.1. The highest BCUT2D eigenvalue weighted by atomic mass is 16.4. The lowest BCUT2D eigenvalue weighted by Crippen LogP contribution is -2.21. The summed E-state index contributed by atoms with van der Waals surface area (Å²) in [7, 11) is 1.52. The molecule has 2 atom stereocenters. The summed E-state index contributed by atoms with van der Waals surface area (Å²) < 4.78 is 0. The summed E-state index contributed by atoms with van der Waals surface area (Å²) in [6.07, 6.45) is 3.94. The van der Waals surface area contributed by atoms with Crippen molar-refractivity contribution < 1.29 is 14.7 Å². The van der Waals surface area contributed by atoms with Crippen molar-refractivity contribution in [1.82, 2.24) is 15.5 Å². The van der Waals surface area contributed by atoms with Crippen molar-refractivity contribution in [2.24, 2.45) is 5.92 Å². The van der Waals surface area contributed by atoms with Crippen LogP contribution in [0.4, 0.5) is 5.82 Å². The average molecular weight is 262 g/mol. The highest BCUT2D eigenvalue weighted by Gasteiger charge is 2.24. The van der Waals surface area contributed by atoms with Gasteiger partial charge in [0.2, 0.25) is 0 Å². The summed E-state index contributed by atoms with van der Waals surface area (Å²) >= 11 is 0. The number of amides is 1. The quantitative estimate of drug-likeness (QED) is 0.673. The first-order valence-electron chi connectivity index (χ1n) is 5.83. The van der Waals surface area contributed by atoms with Crippen molar-refractivity contribution in [3.05, 3.63) is 30.0 Å². The van der Waals surface area contributed by atoms with E-state index >= 15 is 0 Å². The number of anilines is 1. The second-order valence-electron chi connectivity index (χ2n) is 4.20. The molecule has 3 N–H and O–H groups in total. The average Bonchev–Trinajstić information content (AvgIpc) is 2.87. The number of carbonyl (C=O) groups is 2. The third-order valence-electron chi connectivity index (χ3n) is 2.86. The first-order valence-corrected chi connectivity index (χ1v) is 5.83. The van der Waals surface area contributed by atoms with E-state index in [-0.39, 0.29) is 17.6 Å². The highest BCUT2D eigenvalue weighted by Crippen LogP contribution is 2.20. The number of nitrogens with zero attached hydrogens (tertiary/aromatic N) is 2. The van der Waals surface area contributed by atoms with Gasteiger partial charge in [0.1, 0.15) is 5.82 Å². The second kappa shape index (κ2) is 5.47. The van der Waals surface area contributed by atoms with Gasteiger partial charge < -0.3 is 15.7 Å². The van der Waals surface area contributed by atoms with Crippen molar-refractivity contribution in [1.29, 1.82) is 0 Å². The maximum Gasteiger partial charge on any atom is 0.310 e. The van der Waals surface area contributed by atoms with E-state index in [0.29, 0.717) is 12.2 Å². The fraction of sp³-hybridized carbons (Fsp3) is 0.333. The largest absolute Gasteiger partial charge is 0.481 e. The third-order valence-corrected chi connectivity index (χ3v) is 2.86. The predicted octanol–water partition coefficient (Wildman–Crippen LogP) is 0.277. The molecule has 1 amide bonds. The standard InChI is InChI=1S/C12H14N4O3/c1-13-11(17)9-4-5-10(16-15-9)14-8-3-2-7(6-8)12(18)19/h2-5,7-8H,6H2,1H3,(H,13,17)(H,14,16)(H,18,19). The third kappa shape index (κ3) is 3.06. The Hall–Kier alpha value is -2.44. The molecule has 0 aromatic carbocycles. The van der Waals surface area contributed by atoms with Crippen LogP contribution in [0.15, 0.2) is 24.3 Å². The Morgan fingerprint density at radius 1 is 1.32 bits per heavy atom. The zero-order valence-electron chi connectivity index (χ0n) is 10.3. The molecule has 1 heterocycles. The Kier molecular flexibility index (Phi) is 3.74. The van der Waals surface area contributed by atoms with E-state index in [9.17, 15) is 9.59 Å². The van der Waals surface area contributed by atoms with Gasteiger partial charge in [-0.1, -0.05) is 12.2 Å². The van der Waals surface area contributed by atoms with Gasteiger partial charge in [0.05, 0.1) is 5.92 Å². The van der Waals surface area contributed by atoms with Gasteiger partial charge in [-0.25, -0.2) is 0 Å². The Balaban J connectivity index is 1.96. The van der Waals surface area contributed by atoms with Crippen LogP contribution in [0.5, 0.6) is 0 Å². The predicted molar refractivity (Wildman–Crippen MR) is 67.7 cm³/mol. The first kappa shape index (κ1) is 13.0. The van der Waals surface area contributed by atoms with Crippen molar-refractivity contribution in [2.75, 3.05) is 12.4 Å². The molecular weight excluding hydrogens is 248 g/mol. The fourth-order valence-corrected chi connectivity index (χ4v) is 1.84. The molecule has 7 heteroatoms. The number of hydrogen-bond donors (Lipinski definition) is 3. The van der Waals surface area contributed by atoms with Crippen LogP contribution >= 0.6 is 0 Å². The Labute approximate surface area is 109 Å². The molecule has 0 spiro atoms. The van der Waals surface area contributed by atoms with Crippen LogP contribution in [0.3, 0.4) is 0 Å². The van der Waals surface area contributed by atoms with E-state index in [1.165, 1.54) is 7.05 Å². The van der Waals surface area contributed by atoms with Crippen LogP contribution in [0.1, 0.15) is 16.9 Å². The van der Waals surface area contributed by atoms with Crippen molar-refractivity contribution >= 4 is 17.7 Å². The number of carbonyl (C=O) groups excluding carboxylic acids is 1. The molecule has 7 nitrogen and oxygen atoms in total. The molecule has 0 fully saturated rings. The highest BCUT2D eigenvalue weighted by molar-refractivity contribution is 5.91. The van der Waals surface area contributed by atoms with Crippen LogP contribution in [-0.4, -0.2) is 40.3 Å². The lowest BCUT2D eigenvalue weighted by Gasteiger charge is -2.12. The van der Waals surface area contributed by atoms with Gasteiger partial charge in [-0.2, -0.15) is 0 Å². The molecule has 0 saturated heterocycles. The number of hydrogen-bond acceptors (Lipinski definition) is 5. The molecular formula is C12H14N4O3. The molecule has 2 unspecified atom stereocenters. The van der Waals surface area contributed by atoms with Gasteiger partial charge in [0.25, 0.3) is 5.91 Å². The SMILES string of the molecule is CNC(=O)c1ccc(NC2C=CC(C(=O)O)C2)nn1. The van der Waals surface area contributed by atoms with Gasteiger partial charge in [-0.3, -0.25) is 9.59 Å². The minimum Gasteiger partial charge on any atom is -0.481 e. The maximum absolute atomic E-state index is 11.3. The van der Waals surface area contributed by atoms with E-state index in [0.717, 1.165) is 0 Å². The number of aromatic nitrogens is 2. The summed E-state index contributed by atoms with van der Waals surface area (Å²) in [5.41, 5.74) is 0.235. The molecule has 1 aromatic heterocycles. The summed E-state index contributed by atoms with van der Waals surface area (Å²) in [5, 5.41) is 22.0. The van der Waals surface area contributed by atoms with Gasteiger partial charge >= 0.3 is 5.97 Å². The van der Waals surface area contributed by atoms with E-state index in [2.05, 4.69) is 20.8 Å². The minimum absolute atomic E-state index is 0.0822. The second-order valence-corrected chi connectivity index (χ2v) is 4.20. The summed E-state index contributed by atoms with van der Waals surface area (Å²) in [6.45, 7) is 0. The van der Waals surface area contributed by atoms with Crippen molar-refractivity contribution in [3.63, 3.8) is 0 Å². The summed E-state index contributed by atoms with van der Waals surface area (Å²) in [6, 6.07) is 3.11. The minimum atomic E-state index is -0.832. The topological polar surface area (TPSA) is 104 Å². The molecule has 0 aliphatic heterocycles. The molecule has 0 saturated carbocycles. The summed E-state index contributed by atoms with van der Waals surface area (Å²) in [5.74, 6) is -1.09. The zero-order chi connectivity index (χ0) is 13.8. The molecule has 1 aliphatic carbocycles. The molecule has 0 bridgehead atoms. The lowest BCUT2D eigenvalue weighted by atomic mass is 10.1. The van der Waals surface area contributed by atoms with Gasteiger partial charge in [-0.15, -0.1) is 10.2 Å². The number of rotatable bonds is 4.